The van der Waals surface area contributed by atoms with E-state index in [1.807, 2.05) is 55.5 Å². The first kappa shape index (κ1) is 15.3. The highest BCUT2D eigenvalue weighted by Crippen LogP contribution is 2.24. The molecular weight excluding hydrogens is 284 g/mol. The molecule has 1 aromatic heterocycles. The van der Waals surface area contributed by atoms with E-state index in [1.165, 1.54) is 5.56 Å². The van der Waals surface area contributed by atoms with Crippen molar-refractivity contribution in [1.82, 2.24) is 4.57 Å². The number of hydrogen-bond donors (Lipinski definition) is 1. The van der Waals surface area contributed by atoms with Gasteiger partial charge in [-0.25, -0.2) is 0 Å². The Morgan fingerprint density at radius 1 is 0.957 bits per heavy atom. The van der Waals surface area contributed by atoms with Crippen molar-refractivity contribution < 1.29 is 0 Å². The maximum Gasteiger partial charge on any atom is 0.260 e. The van der Waals surface area contributed by atoms with E-state index < -0.39 is 0 Å². The molecule has 3 rings (SSSR count). The van der Waals surface area contributed by atoms with Gasteiger partial charge in [0.15, 0.2) is 0 Å². The largest absolute Gasteiger partial charge is 0.326 e. The van der Waals surface area contributed by atoms with Gasteiger partial charge in [-0.05, 0) is 43.2 Å². The smallest absolute Gasteiger partial charge is 0.260 e. The topological polar surface area (TPSA) is 48.0 Å². The number of benzene rings is 2. The van der Waals surface area contributed by atoms with Crippen LogP contribution in [0.5, 0.6) is 0 Å². The van der Waals surface area contributed by atoms with Crippen LogP contribution in [0.15, 0.2) is 65.5 Å². The van der Waals surface area contributed by atoms with Gasteiger partial charge in [-0.2, -0.15) is 0 Å². The van der Waals surface area contributed by atoms with E-state index in [2.05, 4.69) is 19.1 Å². The van der Waals surface area contributed by atoms with Gasteiger partial charge in [-0.15, -0.1) is 0 Å². The number of rotatable bonds is 3. The van der Waals surface area contributed by atoms with E-state index in [4.69, 9.17) is 5.73 Å². The minimum atomic E-state index is -0.0470. The highest BCUT2D eigenvalue weighted by Gasteiger charge is 2.14. The molecule has 3 nitrogen and oxygen atoms in total. The van der Waals surface area contributed by atoms with Crippen LogP contribution in [0.2, 0.25) is 0 Å². The van der Waals surface area contributed by atoms with Crippen LogP contribution in [-0.4, -0.2) is 4.57 Å². The number of nitrogens with zero attached hydrogens (tertiary/aromatic N) is 1. The number of hydrogen-bond acceptors (Lipinski definition) is 2. The van der Waals surface area contributed by atoms with Crippen molar-refractivity contribution in [3.05, 3.63) is 87.7 Å². The molecule has 0 amide bonds. The van der Waals surface area contributed by atoms with Gasteiger partial charge >= 0.3 is 0 Å². The van der Waals surface area contributed by atoms with E-state index >= 15 is 0 Å². The summed E-state index contributed by atoms with van der Waals surface area (Å²) in [5.41, 5.74) is 11.3. The molecule has 0 fully saturated rings. The van der Waals surface area contributed by atoms with Crippen molar-refractivity contribution >= 4 is 0 Å². The first-order valence-electron chi connectivity index (χ1n) is 7.70. The number of nitrogens with two attached hydrogens (primary N) is 1. The van der Waals surface area contributed by atoms with Crippen molar-refractivity contribution in [2.45, 2.75) is 20.4 Å². The molecule has 0 spiro atoms. The van der Waals surface area contributed by atoms with Crippen LogP contribution in [0.3, 0.4) is 0 Å². The van der Waals surface area contributed by atoms with Crippen molar-refractivity contribution in [2.24, 2.45) is 5.73 Å². The lowest BCUT2D eigenvalue weighted by atomic mass is 10.0. The average Bonchev–Trinajstić information content (AvgIpc) is 2.56. The Kier molecular flexibility index (Phi) is 4.13. The Morgan fingerprint density at radius 3 is 2.22 bits per heavy atom. The predicted molar refractivity (Wildman–Crippen MR) is 94.8 cm³/mol. The maximum absolute atomic E-state index is 13.0. The summed E-state index contributed by atoms with van der Waals surface area (Å²) in [6.45, 7) is 4.24. The Morgan fingerprint density at radius 2 is 1.61 bits per heavy atom. The Balaban J connectivity index is 2.35. The van der Waals surface area contributed by atoms with Crippen LogP contribution in [0.4, 0.5) is 0 Å². The maximum atomic E-state index is 13.0. The fourth-order valence-electron chi connectivity index (χ4n) is 2.79. The molecule has 3 aromatic rings. The van der Waals surface area contributed by atoms with Gasteiger partial charge in [0.1, 0.15) is 0 Å². The standard InChI is InChI=1S/C20H20N2O/c1-14-8-10-16(11-9-14)19-12-15(2)18(13-21)20(23)22(19)17-6-4-3-5-7-17/h3-12H,13,21H2,1-2H3. The van der Waals surface area contributed by atoms with Crippen LogP contribution >= 0.6 is 0 Å². The Labute approximate surface area is 136 Å². The second kappa shape index (κ2) is 6.23. The molecule has 1 heterocycles. The molecule has 0 radical (unpaired) electrons. The van der Waals surface area contributed by atoms with Gasteiger partial charge in [0.05, 0.1) is 5.69 Å². The number of pyridine rings is 1. The van der Waals surface area contributed by atoms with Crippen LogP contribution in [0.1, 0.15) is 16.7 Å². The molecule has 0 bridgehead atoms. The fourth-order valence-corrected chi connectivity index (χ4v) is 2.79. The van der Waals surface area contributed by atoms with Crippen molar-refractivity contribution in [2.75, 3.05) is 0 Å². The van der Waals surface area contributed by atoms with Crippen molar-refractivity contribution in [3.63, 3.8) is 0 Å². The minimum Gasteiger partial charge on any atom is -0.326 e. The van der Waals surface area contributed by atoms with Crippen LogP contribution < -0.4 is 11.3 Å². The van der Waals surface area contributed by atoms with Gasteiger partial charge in [0, 0.05) is 17.8 Å². The summed E-state index contributed by atoms with van der Waals surface area (Å²) in [6.07, 6.45) is 0. The lowest BCUT2D eigenvalue weighted by Gasteiger charge is -2.17. The van der Waals surface area contributed by atoms with Crippen molar-refractivity contribution in [3.8, 4) is 16.9 Å². The van der Waals surface area contributed by atoms with E-state index in [-0.39, 0.29) is 12.1 Å². The fraction of sp³-hybridized carbons (Fsp3) is 0.150. The third-order valence-corrected chi connectivity index (χ3v) is 4.10. The normalized spacial score (nSPS) is 10.7. The van der Waals surface area contributed by atoms with Gasteiger partial charge in [0.25, 0.3) is 5.56 Å². The highest BCUT2D eigenvalue weighted by molar-refractivity contribution is 5.64. The average molecular weight is 304 g/mol. The summed E-state index contributed by atoms with van der Waals surface area (Å²) >= 11 is 0. The lowest BCUT2D eigenvalue weighted by Crippen LogP contribution is -2.26. The lowest BCUT2D eigenvalue weighted by molar-refractivity contribution is 0.918. The summed E-state index contributed by atoms with van der Waals surface area (Å²) in [4.78, 5) is 13.0. The molecule has 0 unspecified atom stereocenters. The molecule has 0 saturated carbocycles. The molecule has 0 saturated heterocycles. The minimum absolute atomic E-state index is 0.0470. The second-order valence-electron chi connectivity index (χ2n) is 5.74. The zero-order valence-electron chi connectivity index (χ0n) is 13.4. The van der Waals surface area contributed by atoms with Gasteiger partial charge in [0.2, 0.25) is 0 Å². The van der Waals surface area contributed by atoms with Crippen LogP contribution in [0.25, 0.3) is 16.9 Å². The number of para-hydroxylation sites is 1. The molecule has 0 atom stereocenters. The molecule has 0 aliphatic carbocycles. The van der Waals surface area contributed by atoms with E-state index in [0.29, 0.717) is 5.56 Å². The van der Waals surface area contributed by atoms with Crippen LogP contribution in [-0.2, 0) is 6.54 Å². The molecule has 2 aromatic carbocycles. The first-order valence-corrected chi connectivity index (χ1v) is 7.70. The summed E-state index contributed by atoms with van der Waals surface area (Å²) in [7, 11) is 0. The van der Waals surface area contributed by atoms with Gasteiger partial charge < -0.3 is 5.73 Å². The predicted octanol–water partition coefficient (Wildman–Crippen LogP) is 3.58. The van der Waals surface area contributed by atoms with Crippen LogP contribution in [0, 0.1) is 13.8 Å². The summed E-state index contributed by atoms with van der Waals surface area (Å²) < 4.78 is 1.75. The molecule has 3 heteroatoms. The molecule has 0 aliphatic heterocycles. The quantitative estimate of drug-likeness (QED) is 0.804. The molecule has 116 valence electrons. The zero-order chi connectivity index (χ0) is 16.4. The summed E-state index contributed by atoms with van der Waals surface area (Å²) in [6, 6.07) is 19.9. The first-order chi connectivity index (χ1) is 11.1. The SMILES string of the molecule is Cc1ccc(-c2cc(C)c(CN)c(=O)n2-c2ccccc2)cc1. The van der Waals surface area contributed by atoms with E-state index in [0.717, 1.165) is 22.5 Å². The molecule has 2 N–H and O–H groups in total. The monoisotopic (exact) mass is 304 g/mol. The highest BCUT2D eigenvalue weighted by atomic mass is 16.1. The van der Waals surface area contributed by atoms with E-state index in [9.17, 15) is 4.79 Å². The zero-order valence-corrected chi connectivity index (χ0v) is 13.4. The van der Waals surface area contributed by atoms with E-state index in [1.54, 1.807) is 4.57 Å². The number of aromatic nitrogens is 1. The number of aryl methyl sites for hydroxylation is 2. The Hall–Kier alpha value is -2.65. The van der Waals surface area contributed by atoms with Crippen molar-refractivity contribution in [1.29, 1.82) is 0 Å². The third kappa shape index (κ3) is 2.83. The molecular formula is C20H20N2O. The molecule has 23 heavy (non-hydrogen) atoms. The Bertz CT molecular complexity index is 878. The second-order valence-corrected chi connectivity index (χ2v) is 5.74. The molecule has 0 aliphatic rings. The summed E-state index contributed by atoms with van der Waals surface area (Å²) in [5, 5.41) is 0. The van der Waals surface area contributed by atoms with Gasteiger partial charge in [-0.3, -0.25) is 9.36 Å². The third-order valence-electron chi connectivity index (χ3n) is 4.10. The summed E-state index contributed by atoms with van der Waals surface area (Å²) in [5.74, 6) is 0. The van der Waals surface area contributed by atoms with Gasteiger partial charge in [-0.1, -0.05) is 48.0 Å².